The monoisotopic (exact) mass is 244 g/mol. The molecule has 2 rings (SSSR count). The van der Waals surface area contributed by atoms with Gasteiger partial charge in [0.05, 0.1) is 6.20 Å². The average molecular weight is 244 g/mol. The van der Waals surface area contributed by atoms with Gasteiger partial charge in [-0.15, -0.1) is 0 Å². The van der Waals surface area contributed by atoms with Crippen molar-refractivity contribution in [2.75, 3.05) is 6.61 Å². The largest absolute Gasteiger partial charge is 0.362 e. The number of nitrogens with zero attached hydrogens (tertiary/aromatic N) is 2. The molecule has 0 saturated carbocycles. The highest BCUT2D eigenvalue weighted by Crippen LogP contribution is 2.25. The van der Waals surface area contributed by atoms with Crippen molar-refractivity contribution in [3.63, 3.8) is 0 Å². The van der Waals surface area contributed by atoms with Gasteiger partial charge in [0.2, 0.25) is 0 Å². The molecule has 1 fully saturated rings. The first-order chi connectivity index (χ1) is 7.74. The van der Waals surface area contributed by atoms with Gasteiger partial charge in [-0.25, -0.2) is 13.3 Å². The SMILES string of the molecule is [B]OS(=O)c1c(F)cnn1C1CCCCO1. The van der Waals surface area contributed by atoms with Crippen molar-refractivity contribution in [1.29, 1.82) is 0 Å². The van der Waals surface area contributed by atoms with Crippen LogP contribution in [0.5, 0.6) is 0 Å². The Labute approximate surface area is 96.0 Å². The van der Waals surface area contributed by atoms with Crippen molar-refractivity contribution in [2.24, 2.45) is 0 Å². The van der Waals surface area contributed by atoms with Gasteiger partial charge < -0.3 is 8.84 Å². The van der Waals surface area contributed by atoms with Gasteiger partial charge in [0.1, 0.15) is 0 Å². The summed E-state index contributed by atoms with van der Waals surface area (Å²) in [7, 11) is 4.78. The maximum atomic E-state index is 13.3. The Bertz CT molecular complexity index is 395. The van der Waals surface area contributed by atoms with Gasteiger partial charge in [-0.3, -0.25) is 0 Å². The summed E-state index contributed by atoms with van der Waals surface area (Å²) < 4.78 is 35.5. The lowest BCUT2D eigenvalue weighted by atomic mass is 10.2. The summed E-state index contributed by atoms with van der Waals surface area (Å²) in [4.78, 5) is 0. The van der Waals surface area contributed by atoms with E-state index in [1.165, 1.54) is 4.68 Å². The van der Waals surface area contributed by atoms with Crippen LogP contribution in [-0.2, 0) is 19.9 Å². The van der Waals surface area contributed by atoms with E-state index in [1.54, 1.807) is 0 Å². The molecule has 5 nitrogen and oxygen atoms in total. The summed E-state index contributed by atoms with van der Waals surface area (Å²) >= 11 is -2.06. The van der Waals surface area contributed by atoms with Gasteiger partial charge >= 0.3 is 8.05 Å². The highest BCUT2D eigenvalue weighted by Gasteiger charge is 2.25. The highest BCUT2D eigenvalue weighted by molar-refractivity contribution is 7.80. The van der Waals surface area contributed by atoms with Crippen LogP contribution in [0.2, 0.25) is 0 Å². The van der Waals surface area contributed by atoms with E-state index < -0.39 is 23.1 Å². The average Bonchev–Trinajstić information content (AvgIpc) is 2.71. The Morgan fingerprint density at radius 2 is 2.50 bits per heavy atom. The maximum absolute atomic E-state index is 13.3. The maximum Gasteiger partial charge on any atom is 0.309 e. The Morgan fingerprint density at radius 1 is 1.69 bits per heavy atom. The zero-order valence-corrected chi connectivity index (χ0v) is 9.28. The first-order valence-electron chi connectivity index (χ1n) is 4.87. The standard InChI is InChI=1S/C8H10BFN2O3S/c9-15-16(13)8-6(10)5-11-12(8)7-3-1-2-4-14-7/h5,7H,1-4H2. The minimum atomic E-state index is -2.06. The van der Waals surface area contributed by atoms with Crippen molar-refractivity contribution < 1.29 is 17.4 Å². The van der Waals surface area contributed by atoms with Crippen LogP contribution in [0.1, 0.15) is 25.5 Å². The van der Waals surface area contributed by atoms with Crippen molar-refractivity contribution in [3.8, 4) is 0 Å². The minimum absolute atomic E-state index is 0.186. The molecule has 2 atom stereocenters. The molecule has 2 heterocycles. The highest BCUT2D eigenvalue weighted by atomic mass is 32.2. The summed E-state index contributed by atoms with van der Waals surface area (Å²) in [5.74, 6) is -0.710. The lowest BCUT2D eigenvalue weighted by Crippen LogP contribution is -2.21. The van der Waals surface area contributed by atoms with E-state index in [1.807, 2.05) is 0 Å². The predicted molar refractivity (Wildman–Crippen MR) is 54.3 cm³/mol. The molecule has 0 aliphatic carbocycles. The first-order valence-corrected chi connectivity index (χ1v) is 5.95. The number of halogens is 1. The molecule has 0 aromatic carbocycles. The molecule has 0 amide bonds. The fourth-order valence-electron chi connectivity index (χ4n) is 1.65. The predicted octanol–water partition coefficient (Wildman–Crippen LogP) is 0.844. The third-order valence-electron chi connectivity index (χ3n) is 2.38. The summed E-state index contributed by atoms with van der Waals surface area (Å²) in [5, 5.41) is 3.61. The molecular weight excluding hydrogens is 234 g/mol. The Balaban J connectivity index is 2.29. The van der Waals surface area contributed by atoms with Crippen LogP contribution >= 0.6 is 0 Å². The smallest absolute Gasteiger partial charge is 0.309 e. The van der Waals surface area contributed by atoms with Gasteiger partial charge in [0.25, 0.3) is 0 Å². The van der Waals surface area contributed by atoms with Crippen LogP contribution in [0, 0.1) is 5.82 Å². The normalized spacial score (nSPS) is 23.2. The topological polar surface area (TPSA) is 53.3 Å². The fraction of sp³-hybridized carbons (Fsp3) is 0.625. The second kappa shape index (κ2) is 5.07. The lowest BCUT2D eigenvalue weighted by Gasteiger charge is -2.23. The molecule has 0 bridgehead atoms. The van der Waals surface area contributed by atoms with Crippen molar-refractivity contribution in [1.82, 2.24) is 9.78 Å². The van der Waals surface area contributed by atoms with Gasteiger partial charge in [-0.05, 0) is 19.3 Å². The van der Waals surface area contributed by atoms with Crippen LogP contribution in [0.25, 0.3) is 0 Å². The number of hydrogen-bond donors (Lipinski definition) is 0. The lowest BCUT2D eigenvalue weighted by molar-refractivity contribution is -0.0453. The van der Waals surface area contributed by atoms with Crippen molar-refractivity contribution >= 4 is 19.1 Å². The molecular formula is C8H10BFN2O3S. The van der Waals surface area contributed by atoms with Crippen LogP contribution in [0.15, 0.2) is 11.2 Å². The summed E-state index contributed by atoms with van der Waals surface area (Å²) in [6.07, 6.45) is 3.21. The van der Waals surface area contributed by atoms with E-state index >= 15 is 0 Å². The molecule has 1 saturated heterocycles. The van der Waals surface area contributed by atoms with E-state index in [4.69, 9.17) is 12.8 Å². The van der Waals surface area contributed by atoms with E-state index in [9.17, 15) is 8.60 Å². The molecule has 0 spiro atoms. The first kappa shape index (κ1) is 11.8. The van der Waals surface area contributed by atoms with E-state index in [0.717, 1.165) is 19.0 Å². The Kier molecular flexibility index (Phi) is 3.72. The molecule has 2 unspecified atom stereocenters. The third-order valence-corrected chi connectivity index (χ3v) is 3.25. The van der Waals surface area contributed by atoms with E-state index in [2.05, 4.69) is 9.20 Å². The zero-order valence-electron chi connectivity index (χ0n) is 8.47. The minimum Gasteiger partial charge on any atom is -0.362 e. The molecule has 2 radical (unpaired) electrons. The van der Waals surface area contributed by atoms with Crippen LogP contribution < -0.4 is 0 Å². The quantitative estimate of drug-likeness (QED) is 0.739. The molecule has 86 valence electrons. The van der Waals surface area contributed by atoms with Crippen molar-refractivity contribution in [3.05, 3.63) is 12.0 Å². The zero-order chi connectivity index (χ0) is 11.5. The summed E-state index contributed by atoms with van der Waals surface area (Å²) in [6.45, 7) is 0.585. The summed E-state index contributed by atoms with van der Waals surface area (Å²) in [5.41, 5.74) is 0. The molecule has 1 aliphatic heterocycles. The van der Waals surface area contributed by atoms with Gasteiger partial charge in [-0.2, -0.15) is 5.10 Å². The molecule has 1 aromatic rings. The number of ether oxygens (including phenoxy) is 1. The molecule has 1 aromatic heterocycles. The number of rotatable bonds is 3. The van der Waals surface area contributed by atoms with E-state index in [0.29, 0.717) is 13.0 Å². The van der Waals surface area contributed by atoms with Gasteiger partial charge in [-0.1, -0.05) is 0 Å². The van der Waals surface area contributed by atoms with Gasteiger partial charge in [0.15, 0.2) is 28.2 Å². The third kappa shape index (κ3) is 2.18. The fourth-order valence-corrected chi connectivity index (χ4v) is 2.27. The second-order valence-electron chi connectivity index (χ2n) is 3.39. The van der Waals surface area contributed by atoms with Crippen LogP contribution in [0.3, 0.4) is 0 Å². The molecule has 0 N–H and O–H groups in total. The van der Waals surface area contributed by atoms with Crippen LogP contribution in [0.4, 0.5) is 4.39 Å². The Hall–Kier alpha value is -0.725. The van der Waals surface area contributed by atoms with E-state index in [-0.39, 0.29) is 5.03 Å². The number of aromatic nitrogens is 2. The molecule has 8 heteroatoms. The number of hydrogen-bond acceptors (Lipinski definition) is 4. The summed E-state index contributed by atoms with van der Waals surface area (Å²) in [6, 6.07) is 0. The van der Waals surface area contributed by atoms with Crippen LogP contribution in [-0.4, -0.2) is 28.6 Å². The van der Waals surface area contributed by atoms with Crippen molar-refractivity contribution in [2.45, 2.75) is 30.5 Å². The Morgan fingerprint density at radius 3 is 3.12 bits per heavy atom. The van der Waals surface area contributed by atoms with Gasteiger partial charge in [0, 0.05) is 6.61 Å². The molecule has 1 aliphatic rings. The second-order valence-corrected chi connectivity index (χ2v) is 4.44. The molecule has 16 heavy (non-hydrogen) atoms.